The van der Waals surface area contributed by atoms with Gasteiger partial charge in [-0.15, -0.1) is 0 Å². The van der Waals surface area contributed by atoms with Crippen LogP contribution >= 0.6 is 0 Å². The number of nitrogens with zero attached hydrogens (tertiary/aromatic N) is 1. The standard InChI is InChI=1S/C20H22N2O5/c1-14(23)22(17-9-4-5-10-18(17)26-2)12-11-19(24)21-16-8-6-7-15(13-16)20(25)27-3/h4-10,13H,11-12H2,1-3H3,(H,21,24). The molecule has 0 aliphatic rings. The summed E-state index contributed by atoms with van der Waals surface area (Å²) >= 11 is 0. The summed E-state index contributed by atoms with van der Waals surface area (Å²) in [5.41, 5.74) is 1.43. The quantitative estimate of drug-likeness (QED) is 0.758. The molecule has 27 heavy (non-hydrogen) atoms. The lowest BCUT2D eigenvalue weighted by molar-refractivity contribution is -0.117. The summed E-state index contributed by atoms with van der Waals surface area (Å²) in [4.78, 5) is 37.4. The summed E-state index contributed by atoms with van der Waals surface area (Å²) in [7, 11) is 2.82. The smallest absolute Gasteiger partial charge is 0.337 e. The highest BCUT2D eigenvalue weighted by Crippen LogP contribution is 2.28. The number of benzene rings is 2. The van der Waals surface area contributed by atoms with Gasteiger partial charge in [0, 0.05) is 25.6 Å². The molecule has 1 N–H and O–H groups in total. The van der Waals surface area contributed by atoms with E-state index in [0.29, 0.717) is 22.7 Å². The second-order valence-electron chi connectivity index (χ2n) is 5.71. The number of methoxy groups -OCH3 is 2. The molecular weight excluding hydrogens is 348 g/mol. The van der Waals surface area contributed by atoms with Crippen molar-refractivity contribution in [3.8, 4) is 5.75 Å². The first kappa shape index (κ1) is 20.0. The number of esters is 1. The van der Waals surface area contributed by atoms with Crippen LogP contribution in [0.4, 0.5) is 11.4 Å². The maximum Gasteiger partial charge on any atom is 0.337 e. The molecule has 0 aliphatic heterocycles. The fourth-order valence-electron chi connectivity index (χ4n) is 2.58. The predicted octanol–water partition coefficient (Wildman–Crippen LogP) is 2.86. The van der Waals surface area contributed by atoms with Gasteiger partial charge in [-0.2, -0.15) is 0 Å². The molecule has 142 valence electrons. The van der Waals surface area contributed by atoms with Gasteiger partial charge in [-0.05, 0) is 30.3 Å². The molecule has 0 spiro atoms. The molecule has 0 aromatic heterocycles. The fraction of sp³-hybridized carbons (Fsp3) is 0.250. The van der Waals surface area contributed by atoms with Gasteiger partial charge in [0.25, 0.3) is 0 Å². The van der Waals surface area contributed by atoms with Gasteiger partial charge >= 0.3 is 5.97 Å². The van der Waals surface area contributed by atoms with E-state index in [1.807, 2.05) is 6.07 Å². The largest absolute Gasteiger partial charge is 0.495 e. The number of carbonyl (C=O) groups excluding carboxylic acids is 3. The highest BCUT2D eigenvalue weighted by atomic mass is 16.5. The summed E-state index contributed by atoms with van der Waals surface area (Å²) in [6, 6.07) is 13.6. The molecule has 0 saturated heterocycles. The summed E-state index contributed by atoms with van der Waals surface area (Å²) in [6.07, 6.45) is 0.0834. The molecule has 2 amide bonds. The Morgan fingerprint density at radius 1 is 1.04 bits per heavy atom. The van der Waals surface area contributed by atoms with Crippen LogP contribution in [0, 0.1) is 0 Å². The van der Waals surface area contributed by atoms with Crippen LogP contribution in [0.5, 0.6) is 5.75 Å². The number of anilines is 2. The molecule has 0 aliphatic carbocycles. The second kappa shape index (κ2) is 9.38. The van der Waals surface area contributed by atoms with E-state index in [1.54, 1.807) is 36.4 Å². The molecule has 0 heterocycles. The Kier molecular flexibility index (Phi) is 6.93. The number of hydrogen-bond donors (Lipinski definition) is 1. The summed E-state index contributed by atoms with van der Waals surface area (Å²) in [6.45, 7) is 1.63. The van der Waals surface area contributed by atoms with E-state index >= 15 is 0 Å². The van der Waals surface area contributed by atoms with E-state index in [0.717, 1.165) is 0 Å². The molecule has 0 unspecified atom stereocenters. The molecule has 7 nitrogen and oxygen atoms in total. The van der Waals surface area contributed by atoms with Gasteiger partial charge in [0.2, 0.25) is 11.8 Å². The lowest BCUT2D eigenvalue weighted by Gasteiger charge is -2.23. The van der Waals surface area contributed by atoms with Crippen LogP contribution in [0.1, 0.15) is 23.7 Å². The van der Waals surface area contributed by atoms with Crippen molar-refractivity contribution in [2.45, 2.75) is 13.3 Å². The van der Waals surface area contributed by atoms with Gasteiger partial charge in [-0.1, -0.05) is 18.2 Å². The van der Waals surface area contributed by atoms with Crippen LogP contribution in [0.15, 0.2) is 48.5 Å². The average molecular weight is 370 g/mol. The summed E-state index contributed by atoms with van der Waals surface area (Å²) in [5.74, 6) is -0.401. The third-order valence-electron chi connectivity index (χ3n) is 3.89. The number of amides is 2. The van der Waals surface area contributed by atoms with Gasteiger partial charge in [-0.3, -0.25) is 9.59 Å². The van der Waals surface area contributed by atoms with Crippen molar-refractivity contribution in [3.05, 3.63) is 54.1 Å². The number of ether oxygens (including phenoxy) is 2. The van der Waals surface area contributed by atoms with Crippen LogP contribution < -0.4 is 15.0 Å². The van der Waals surface area contributed by atoms with Gasteiger partial charge in [0.05, 0.1) is 25.5 Å². The molecule has 0 radical (unpaired) electrons. The molecule has 7 heteroatoms. The minimum Gasteiger partial charge on any atom is -0.495 e. The van der Waals surface area contributed by atoms with E-state index in [4.69, 9.17) is 4.74 Å². The lowest BCUT2D eigenvalue weighted by atomic mass is 10.2. The number of para-hydroxylation sites is 2. The fourth-order valence-corrected chi connectivity index (χ4v) is 2.58. The van der Waals surface area contributed by atoms with Crippen LogP contribution in [-0.4, -0.2) is 38.5 Å². The van der Waals surface area contributed by atoms with Crippen LogP contribution in [0.2, 0.25) is 0 Å². The zero-order valence-electron chi connectivity index (χ0n) is 15.5. The Morgan fingerprint density at radius 3 is 2.44 bits per heavy atom. The van der Waals surface area contributed by atoms with E-state index in [1.165, 1.54) is 32.1 Å². The molecule has 2 aromatic carbocycles. The van der Waals surface area contributed by atoms with E-state index in [2.05, 4.69) is 10.1 Å². The van der Waals surface area contributed by atoms with Crippen LogP contribution in [0.3, 0.4) is 0 Å². The molecule has 0 saturated carbocycles. The second-order valence-corrected chi connectivity index (χ2v) is 5.71. The Bertz CT molecular complexity index is 835. The topological polar surface area (TPSA) is 84.9 Å². The molecule has 2 aromatic rings. The molecule has 2 rings (SSSR count). The van der Waals surface area contributed by atoms with E-state index < -0.39 is 5.97 Å². The third kappa shape index (κ3) is 5.31. The lowest BCUT2D eigenvalue weighted by Crippen LogP contribution is -2.32. The SMILES string of the molecule is COC(=O)c1cccc(NC(=O)CCN(C(C)=O)c2ccccc2OC)c1. The van der Waals surface area contributed by atoms with Crippen molar-refractivity contribution in [2.75, 3.05) is 31.0 Å². The van der Waals surface area contributed by atoms with Crippen molar-refractivity contribution >= 4 is 29.2 Å². The van der Waals surface area contributed by atoms with Gasteiger partial charge in [-0.25, -0.2) is 4.79 Å². The first-order chi connectivity index (χ1) is 13.0. The predicted molar refractivity (Wildman–Crippen MR) is 102 cm³/mol. The zero-order valence-corrected chi connectivity index (χ0v) is 15.5. The maximum absolute atomic E-state index is 12.3. The molecule has 0 fully saturated rings. The Morgan fingerprint density at radius 2 is 1.78 bits per heavy atom. The van der Waals surface area contributed by atoms with Gasteiger partial charge in [0.15, 0.2) is 0 Å². The van der Waals surface area contributed by atoms with Gasteiger partial charge in [0.1, 0.15) is 5.75 Å². The van der Waals surface area contributed by atoms with E-state index in [9.17, 15) is 14.4 Å². The number of carbonyl (C=O) groups is 3. The maximum atomic E-state index is 12.3. The zero-order chi connectivity index (χ0) is 19.8. The third-order valence-corrected chi connectivity index (χ3v) is 3.89. The molecule has 0 atom stereocenters. The number of hydrogen-bond acceptors (Lipinski definition) is 5. The van der Waals surface area contributed by atoms with Crippen molar-refractivity contribution in [2.24, 2.45) is 0 Å². The molecular formula is C20H22N2O5. The Balaban J connectivity index is 2.04. The Labute approximate surface area is 157 Å². The normalized spacial score (nSPS) is 10.0. The number of nitrogens with one attached hydrogen (secondary N) is 1. The van der Waals surface area contributed by atoms with Crippen molar-refractivity contribution < 1.29 is 23.9 Å². The molecule has 0 bridgehead atoms. The highest BCUT2D eigenvalue weighted by Gasteiger charge is 2.17. The first-order valence-corrected chi connectivity index (χ1v) is 8.35. The van der Waals surface area contributed by atoms with Crippen molar-refractivity contribution in [1.82, 2.24) is 0 Å². The Hall–Kier alpha value is -3.35. The average Bonchev–Trinajstić information content (AvgIpc) is 2.67. The summed E-state index contributed by atoms with van der Waals surface area (Å²) in [5, 5.41) is 2.72. The van der Waals surface area contributed by atoms with Crippen LogP contribution in [-0.2, 0) is 14.3 Å². The minimum absolute atomic E-state index is 0.0834. The highest BCUT2D eigenvalue weighted by molar-refractivity contribution is 5.97. The minimum atomic E-state index is -0.481. The van der Waals surface area contributed by atoms with Gasteiger partial charge < -0.3 is 19.7 Å². The summed E-state index contributed by atoms with van der Waals surface area (Å²) < 4.78 is 9.95. The first-order valence-electron chi connectivity index (χ1n) is 8.35. The van der Waals surface area contributed by atoms with Crippen LogP contribution in [0.25, 0.3) is 0 Å². The van der Waals surface area contributed by atoms with Crippen molar-refractivity contribution in [3.63, 3.8) is 0 Å². The number of rotatable bonds is 7. The monoisotopic (exact) mass is 370 g/mol. The van der Waals surface area contributed by atoms with Crippen molar-refractivity contribution in [1.29, 1.82) is 0 Å². The van der Waals surface area contributed by atoms with E-state index in [-0.39, 0.29) is 24.8 Å².